The summed E-state index contributed by atoms with van der Waals surface area (Å²) in [6.07, 6.45) is 51.3. The molecule has 4 fully saturated rings. The van der Waals surface area contributed by atoms with Gasteiger partial charge >= 0.3 is 0 Å². The number of thiol groups is 1. The number of para-hydroxylation sites is 1. The number of amides is 9. The van der Waals surface area contributed by atoms with E-state index in [9.17, 15) is 84.0 Å². The van der Waals surface area contributed by atoms with Crippen LogP contribution in [0.3, 0.4) is 0 Å². The van der Waals surface area contributed by atoms with E-state index >= 15 is 0 Å². The molecule has 31 nitrogen and oxygen atoms in total. The van der Waals surface area contributed by atoms with Gasteiger partial charge in [0.2, 0.25) is 53.2 Å². The number of nitrogens with zero attached hydrogens (tertiary/aromatic N) is 4. The van der Waals surface area contributed by atoms with Crippen LogP contribution in [0.4, 0.5) is 0 Å². The van der Waals surface area contributed by atoms with E-state index in [1.807, 2.05) is 60.8 Å². The number of fused-ring (bicyclic) bond motifs is 1. The molecule has 2 aromatic carbocycles. The molecule has 0 radical (unpaired) electrons. The number of benzene rings is 2. The van der Waals surface area contributed by atoms with Gasteiger partial charge in [-0.3, -0.25) is 62.8 Å². The van der Waals surface area contributed by atoms with Crippen molar-refractivity contribution in [3.8, 4) is 0 Å². The Morgan fingerprint density at radius 2 is 0.556 bits per heavy atom. The van der Waals surface area contributed by atoms with E-state index in [4.69, 9.17) is 5.73 Å². The van der Waals surface area contributed by atoms with Crippen molar-refractivity contribution in [2.24, 2.45) is 5.73 Å². The lowest BCUT2D eigenvalue weighted by Gasteiger charge is -2.30. The number of piperazine rings is 4. The average Bonchev–Trinajstić information content (AvgIpc) is 1.65. The maximum Gasteiger partial charge on any atom is 0.244 e. The largest absolute Gasteiger partial charge is 0.392 e. The van der Waals surface area contributed by atoms with Gasteiger partial charge in [0.1, 0.15) is 48.3 Å². The number of rotatable bonds is 80. The fraction of sp³-hybridized carbons (Fsp3) is 0.795. The van der Waals surface area contributed by atoms with Gasteiger partial charge < -0.3 is 94.1 Å². The second-order valence-corrected chi connectivity index (χ2v) is 42.4. The highest BCUT2D eigenvalue weighted by Crippen LogP contribution is 2.24. The average molecular weight is 2050 g/mol. The van der Waals surface area contributed by atoms with Gasteiger partial charge in [0, 0.05) is 94.5 Å². The van der Waals surface area contributed by atoms with Crippen LogP contribution in [0, 0.1) is 0 Å². The molecule has 1 aromatic heterocycles. The van der Waals surface area contributed by atoms with Gasteiger partial charge in [-0.15, -0.1) is 0 Å². The number of aromatic amines is 1. The number of aliphatic hydroxyl groups excluding tert-OH is 8. The Morgan fingerprint density at radius 3 is 0.847 bits per heavy atom. The number of primary amides is 1. The van der Waals surface area contributed by atoms with Crippen molar-refractivity contribution in [2.75, 3.05) is 84.3 Å². The summed E-state index contributed by atoms with van der Waals surface area (Å²) < 4.78 is 0. The number of nitrogens with two attached hydrogens (primary N) is 1. The minimum Gasteiger partial charge on any atom is -0.392 e. The maximum atomic E-state index is 12.8. The van der Waals surface area contributed by atoms with E-state index in [0.717, 1.165) is 157 Å². The first-order valence-electron chi connectivity index (χ1n) is 56.6. The van der Waals surface area contributed by atoms with Gasteiger partial charge in [0.15, 0.2) is 0 Å². The number of carbonyl (C=O) groups excluding carboxylic acids is 9. The molecule has 16 atom stereocenters. The molecular formula is C112H200N14O17S. The number of hydrogen-bond acceptors (Lipinski definition) is 22. The molecule has 5 heterocycles. The van der Waals surface area contributed by atoms with Crippen LogP contribution in [0.15, 0.2) is 60.8 Å². The van der Waals surface area contributed by atoms with Crippen LogP contribution in [0.25, 0.3) is 10.9 Å². The quantitative estimate of drug-likeness (QED) is 0.0184. The fourth-order valence-corrected chi connectivity index (χ4v) is 19.9. The van der Waals surface area contributed by atoms with Gasteiger partial charge in [-0.05, 0) is 180 Å². The van der Waals surface area contributed by atoms with Crippen molar-refractivity contribution >= 4 is 76.7 Å². The Hall–Kier alpha value is -6.92. The van der Waals surface area contributed by atoms with E-state index in [1.165, 1.54) is 167 Å². The number of unbranched alkanes of at least 4 members (excludes halogenated alkanes) is 32. The Morgan fingerprint density at radius 1 is 0.306 bits per heavy atom. The summed E-state index contributed by atoms with van der Waals surface area (Å²) in [6, 6.07) is 13.2. The summed E-state index contributed by atoms with van der Waals surface area (Å²) in [6.45, 7) is 23.2. The number of aliphatic hydroxyl groups is 8. The topological polar surface area (TPSA) is 466 Å². The first kappa shape index (κ1) is 129. The van der Waals surface area contributed by atoms with Gasteiger partial charge in [-0.2, -0.15) is 12.6 Å². The monoisotopic (exact) mass is 2050 g/mol. The van der Waals surface area contributed by atoms with E-state index in [1.54, 1.807) is 27.7 Å². The molecule has 16 unspecified atom stereocenters. The minimum atomic E-state index is -0.713. The molecule has 4 saturated heterocycles. The zero-order chi connectivity index (χ0) is 105. The van der Waals surface area contributed by atoms with Gasteiger partial charge in [-0.1, -0.05) is 282 Å². The second-order valence-electron chi connectivity index (χ2n) is 42.0. The molecule has 0 saturated carbocycles. The number of H-pyrrole nitrogens is 1. The first-order valence-corrected chi connectivity index (χ1v) is 57.2. The van der Waals surface area contributed by atoms with E-state index in [0.29, 0.717) is 103 Å². The molecule has 19 N–H and O–H groups in total. The van der Waals surface area contributed by atoms with Crippen molar-refractivity contribution < 1.29 is 84.0 Å². The van der Waals surface area contributed by atoms with Crippen molar-refractivity contribution in [1.29, 1.82) is 0 Å². The third kappa shape index (κ3) is 60.7. The highest BCUT2D eigenvalue weighted by Gasteiger charge is 2.38. The molecular weight excluding hydrogens is 1850 g/mol. The zero-order valence-electron chi connectivity index (χ0n) is 90.0. The zero-order valence-corrected chi connectivity index (χ0v) is 90.9. The lowest BCUT2D eigenvalue weighted by atomic mass is 9.99. The first-order chi connectivity index (χ1) is 69.3. The Labute approximate surface area is 871 Å². The molecule has 9 amide bonds. The molecule has 7 rings (SSSR count). The molecule has 32 heteroatoms. The summed E-state index contributed by atoms with van der Waals surface area (Å²) in [5.41, 5.74) is 8.16. The second kappa shape index (κ2) is 80.1. The van der Waals surface area contributed by atoms with Crippen molar-refractivity contribution in [2.45, 2.75) is 486 Å². The molecule has 0 bridgehead atoms. The third-order valence-electron chi connectivity index (χ3n) is 27.7. The summed E-state index contributed by atoms with van der Waals surface area (Å²) >= 11 is 4.08. The van der Waals surface area contributed by atoms with Crippen molar-refractivity contribution in [3.63, 3.8) is 0 Å². The molecule has 3 aromatic rings. The summed E-state index contributed by atoms with van der Waals surface area (Å²) in [7, 11) is 0. The molecule has 0 spiro atoms. The minimum absolute atomic E-state index is 0.0487. The highest BCUT2D eigenvalue weighted by atomic mass is 32.1. The van der Waals surface area contributed by atoms with Crippen LogP contribution in [-0.4, -0.2) is 300 Å². The smallest absolute Gasteiger partial charge is 0.244 e. The molecule has 0 aliphatic carbocycles. The van der Waals surface area contributed by atoms with Crippen LogP contribution < -0.4 is 48.3 Å². The Balaban J connectivity index is 0.000000402. The van der Waals surface area contributed by atoms with E-state index < -0.39 is 90.9 Å². The van der Waals surface area contributed by atoms with Crippen LogP contribution in [0.2, 0.25) is 0 Å². The highest BCUT2D eigenvalue weighted by molar-refractivity contribution is 7.80. The van der Waals surface area contributed by atoms with Gasteiger partial charge in [0.05, 0.1) is 48.8 Å². The van der Waals surface area contributed by atoms with Gasteiger partial charge in [-0.25, -0.2) is 0 Å². The van der Waals surface area contributed by atoms with Crippen LogP contribution >= 0.6 is 12.6 Å². The number of aromatic nitrogens is 1. The standard InChI is InChI=1S/C32H52N4O4.C30H51N3O4.C26H50N4O5.C24H47N3O4S/c1-3-4-5-6-7-8-9-10-15-26(38)23-36(22-24(2)37)19-14-13-18-29-31(39)35-30(32(40)34-29)20-25-21-33-28-17-12-11-16-27(25)28;1-3-4-5-6-7-8-9-13-18-26(35)23-33(22-24(2)34)20-15-14-19-27-29(36)32-28(30(37)31-27)21-25-16-11-10-12-17-25;1-3-4-5-6-7-8-9-10-13-21(32)19-30(18-20(2)31)17-12-11-14-22-25(34)29-23(26(35)28-22)15-16-24(27)33;1-3-4-5-6-7-8-9-10-13-20(29)17-27(16-19(2)28)15-12-11-14-21-23(30)26-22(18-32)24(31)25-21/h11-12,16-17,21,24,26,29-30,33,37-38H,3-10,13-15,18-20,22-23H2,1-2H3,(H,34,40)(H,35,39);10-12,16-17,24,26-28,34-35H,3-9,13-15,18-23H2,1-2H3,(H,31,37)(H,32,36);20-23,31-32H,3-19H2,1-2H3,(H2,27,33)(H,28,35)(H,29,34);19-22,28-29,32H,3-18H2,1-2H3,(H,25,31)(H,26,30). The van der Waals surface area contributed by atoms with Crippen molar-refractivity contribution in [3.05, 3.63) is 71.9 Å². The van der Waals surface area contributed by atoms with Gasteiger partial charge in [0.25, 0.3) is 0 Å². The normalized spacial score (nSPS) is 19.8. The molecule has 4 aliphatic heterocycles. The predicted octanol–water partition coefficient (Wildman–Crippen LogP) is 13.0. The molecule has 4 aliphatic rings. The lowest BCUT2D eigenvalue weighted by molar-refractivity contribution is -0.137. The van der Waals surface area contributed by atoms with E-state index in [2.05, 4.69) is 107 Å². The summed E-state index contributed by atoms with van der Waals surface area (Å²) in [5, 5.41) is 105. The van der Waals surface area contributed by atoms with Crippen LogP contribution in [0.1, 0.15) is 388 Å². The van der Waals surface area contributed by atoms with Crippen molar-refractivity contribution in [1.82, 2.24) is 67.1 Å². The Bertz CT molecular complexity index is 3870. The van der Waals surface area contributed by atoms with E-state index in [-0.39, 0.29) is 72.3 Å². The summed E-state index contributed by atoms with van der Waals surface area (Å²) in [5.74, 6) is -1.58. The predicted molar refractivity (Wildman–Crippen MR) is 581 cm³/mol. The fourth-order valence-electron chi connectivity index (χ4n) is 19.7. The Kier molecular flexibility index (Phi) is 71.9. The maximum absolute atomic E-state index is 12.8. The van der Waals surface area contributed by atoms with Crippen LogP contribution in [0.5, 0.6) is 0 Å². The number of carbonyl (C=O) groups is 9. The third-order valence-corrected chi connectivity index (χ3v) is 28.1. The number of nitrogens with one attached hydrogen (secondary N) is 9. The lowest BCUT2D eigenvalue weighted by Crippen LogP contribution is -2.62. The molecule has 144 heavy (non-hydrogen) atoms. The SMILES string of the molecule is CCCCCCCCCCC(O)CN(CCCCC1NC(=O)C(CCC(N)=O)NC1=O)CC(C)O.CCCCCCCCCCC(O)CN(CCCCC1NC(=O)C(CS)NC1=O)CC(C)O.CCCCCCCCCCC(O)CN(CCCCC1NC(=O)C(Cc2c[nH]c3ccccc23)NC1=O)CC(C)O.CCCCCCCCCCC(O)CN(CCCCC1NC(=O)C(Cc2ccccc2)NC1=O)CC(C)O. The summed E-state index contributed by atoms with van der Waals surface area (Å²) in [4.78, 5) is 122. The molecule has 826 valence electrons. The number of hydrogen-bond donors (Lipinski definition) is 19. The van der Waals surface area contributed by atoms with Crippen LogP contribution in [-0.2, 0) is 56.0 Å².